The van der Waals surface area contributed by atoms with Gasteiger partial charge in [0.25, 0.3) is 0 Å². The van der Waals surface area contributed by atoms with Crippen molar-refractivity contribution in [3.63, 3.8) is 0 Å². The standard InChI is InChI=1S/C33H54O2/c1-3-5-7-11-27-15-17-28(18-16-27)13-9-10-14-30-21-25-32(26-22-30)35-33(34)31-23-19-29(20-24-31)12-8-6-4-2/h21-22,25-29,31H,3-20,23-24H2,1-2H3. The number of hydrogen-bond acceptors (Lipinski definition) is 2. The molecule has 2 aliphatic rings. The SMILES string of the molecule is CCCCCC1CCC(CCCCc2ccc(OC(=O)C3CCC(CCCCC)CC3)cc2)CC1. The minimum absolute atomic E-state index is 0.00940. The van der Waals surface area contributed by atoms with Crippen molar-refractivity contribution in [2.24, 2.45) is 23.7 Å². The van der Waals surface area contributed by atoms with Gasteiger partial charge in [-0.2, -0.15) is 0 Å². The van der Waals surface area contributed by atoms with Crippen LogP contribution in [0.15, 0.2) is 24.3 Å². The van der Waals surface area contributed by atoms with Crippen LogP contribution < -0.4 is 4.74 Å². The van der Waals surface area contributed by atoms with Crippen LogP contribution in [0, 0.1) is 23.7 Å². The predicted octanol–water partition coefficient (Wildman–Crippen LogP) is 10.1. The summed E-state index contributed by atoms with van der Waals surface area (Å²) in [7, 11) is 0. The summed E-state index contributed by atoms with van der Waals surface area (Å²) in [6.45, 7) is 4.57. The van der Waals surface area contributed by atoms with E-state index in [9.17, 15) is 4.79 Å². The summed E-state index contributed by atoms with van der Waals surface area (Å²) >= 11 is 0. The first-order chi connectivity index (χ1) is 17.2. The lowest BCUT2D eigenvalue weighted by Gasteiger charge is -2.28. The highest BCUT2D eigenvalue weighted by Gasteiger charge is 2.27. The third kappa shape index (κ3) is 10.7. The number of hydrogen-bond donors (Lipinski definition) is 0. The Balaban J connectivity index is 1.26. The Labute approximate surface area is 217 Å². The Morgan fingerprint density at radius 2 is 1.11 bits per heavy atom. The highest BCUT2D eigenvalue weighted by molar-refractivity contribution is 5.75. The summed E-state index contributed by atoms with van der Waals surface area (Å²) in [5.41, 5.74) is 1.37. The summed E-state index contributed by atoms with van der Waals surface area (Å²) in [5.74, 6) is 3.64. The van der Waals surface area contributed by atoms with E-state index in [2.05, 4.69) is 26.0 Å². The summed E-state index contributed by atoms with van der Waals surface area (Å²) in [5, 5.41) is 0. The van der Waals surface area contributed by atoms with Crippen molar-refractivity contribution in [1.29, 1.82) is 0 Å². The topological polar surface area (TPSA) is 26.3 Å². The molecule has 0 spiro atoms. The van der Waals surface area contributed by atoms with Gasteiger partial charge in [-0.05, 0) is 74.0 Å². The first-order valence-electron chi connectivity index (χ1n) is 15.5. The van der Waals surface area contributed by atoms with Gasteiger partial charge in [0.15, 0.2) is 0 Å². The number of carbonyl (C=O) groups is 1. The van der Waals surface area contributed by atoms with E-state index in [1.165, 1.54) is 115 Å². The second-order valence-electron chi connectivity index (χ2n) is 11.9. The Kier molecular flexibility index (Phi) is 13.3. The van der Waals surface area contributed by atoms with Gasteiger partial charge in [-0.1, -0.05) is 116 Å². The number of rotatable bonds is 15. The molecular formula is C33H54O2. The summed E-state index contributed by atoms with van der Waals surface area (Å²) in [6.07, 6.45) is 26.5. The molecular weight excluding hydrogens is 428 g/mol. The smallest absolute Gasteiger partial charge is 0.314 e. The Morgan fingerprint density at radius 3 is 1.60 bits per heavy atom. The number of ether oxygens (including phenoxy) is 1. The van der Waals surface area contributed by atoms with Gasteiger partial charge < -0.3 is 4.74 Å². The normalized spacial score (nSPS) is 24.9. The molecule has 2 saturated carbocycles. The zero-order valence-electron chi connectivity index (χ0n) is 23.1. The lowest BCUT2D eigenvalue weighted by molar-refractivity contribution is -0.140. The van der Waals surface area contributed by atoms with E-state index >= 15 is 0 Å². The molecule has 2 heteroatoms. The maximum atomic E-state index is 12.6. The van der Waals surface area contributed by atoms with Crippen LogP contribution in [-0.2, 0) is 11.2 Å². The van der Waals surface area contributed by atoms with Gasteiger partial charge in [0, 0.05) is 0 Å². The van der Waals surface area contributed by atoms with E-state index in [-0.39, 0.29) is 11.9 Å². The van der Waals surface area contributed by atoms with Gasteiger partial charge in [0.1, 0.15) is 5.75 Å². The van der Waals surface area contributed by atoms with E-state index < -0.39 is 0 Å². The first kappa shape index (κ1) is 28.3. The molecule has 0 heterocycles. The molecule has 0 amide bonds. The second-order valence-corrected chi connectivity index (χ2v) is 11.9. The summed E-state index contributed by atoms with van der Waals surface area (Å²) in [6, 6.07) is 8.33. The molecule has 198 valence electrons. The van der Waals surface area contributed by atoms with Crippen molar-refractivity contribution >= 4 is 5.97 Å². The van der Waals surface area contributed by atoms with Gasteiger partial charge in [0.2, 0.25) is 0 Å². The molecule has 2 fully saturated rings. The quantitative estimate of drug-likeness (QED) is 0.141. The maximum Gasteiger partial charge on any atom is 0.314 e. The summed E-state index contributed by atoms with van der Waals surface area (Å²) < 4.78 is 5.75. The molecule has 0 N–H and O–H groups in total. The van der Waals surface area contributed by atoms with Crippen molar-refractivity contribution in [2.75, 3.05) is 0 Å². The predicted molar refractivity (Wildman–Crippen MR) is 149 cm³/mol. The van der Waals surface area contributed by atoms with Crippen LogP contribution in [0.5, 0.6) is 5.75 Å². The first-order valence-corrected chi connectivity index (χ1v) is 15.5. The second kappa shape index (κ2) is 16.4. The lowest BCUT2D eigenvalue weighted by atomic mass is 9.78. The fraction of sp³-hybridized carbons (Fsp3) is 0.788. The number of carbonyl (C=O) groups excluding carboxylic acids is 1. The lowest BCUT2D eigenvalue weighted by Crippen LogP contribution is -2.25. The largest absolute Gasteiger partial charge is 0.426 e. The number of aryl methyl sites for hydroxylation is 1. The highest BCUT2D eigenvalue weighted by atomic mass is 16.5. The zero-order chi connectivity index (χ0) is 24.7. The van der Waals surface area contributed by atoms with Crippen molar-refractivity contribution in [3.8, 4) is 5.75 Å². The van der Waals surface area contributed by atoms with Gasteiger partial charge in [0.05, 0.1) is 5.92 Å². The Bertz CT molecular complexity index is 678. The monoisotopic (exact) mass is 482 g/mol. The zero-order valence-corrected chi connectivity index (χ0v) is 23.1. The number of benzene rings is 1. The van der Waals surface area contributed by atoms with E-state index in [0.29, 0.717) is 0 Å². The Hall–Kier alpha value is -1.31. The molecule has 35 heavy (non-hydrogen) atoms. The molecule has 0 saturated heterocycles. The van der Waals surface area contributed by atoms with Crippen LogP contribution in [0.1, 0.15) is 141 Å². The Morgan fingerprint density at radius 1 is 0.657 bits per heavy atom. The third-order valence-electron chi connectivity index (χ3n) is 9.05. The molecule has 0 aliphatic heterocycles. The van der Waals surface area contributed by atoms with E-state index in [1.807, 2.05) is 12.1 Å². The summed E-state index contributed by atoms with van der Waals surface area (Å²) in [4.78, 5) is 12.6. The van der Waals surface area contributed by atoms with Crippen molar-refractivity contribution in [2.45, 2.75) is 142 Å². The minimum atomic E-state index is -0.00940. The molecule has 0 atom stereocenters. The van der Waals surface area contributed by atoms with Gasteiger partial charge >= 0.3 is 5.97 Å². The van der Waals surface area contributed by atoms with E-state index in [0.717, 1.165) is 42.8 Å². The molecule has 0 radical (unpaired) electrons. The van der Waals surface area contributed by atoms with Crippen LogP contribution in [0.25, 0.3) is 0 Å². The maximum absolute atomic E-state index is 12.6. The molecule has 0 bridgehead atoms. The molecule has 1 aromatic carbocycles. The van der Waals surface area contributed by atoms with Crippen LogP contribution in [0.2, 0.25) is 0 Å². The van der Waals surface area contributed by atoms with E-state index in [4.69, 9.17) is 4.74 Å². The molecule has 3 rings (SSSR count). The average molecular weight is 483 g/mol. The van der Waals surface area contributed by atoms with Crippen LogP contribution in [0.3, 0.4) is 0 Å². The van der Waals surface area contributed by atoms with Crippen molar-refractivity contribution in [1.82, 2.24) is 0 Å². The molecule has 0 unspecified atom stereocenters. The van der Waals surface area contributed by atoms with Crippen LogP contribution in [-0.4, -0.2) is 5.97 Å². The molecule has 2 nitrogen and oxygen atoms in total. The van der Waals surface area contributed by atoms with Gasteiger partial charge in [-0.25, -0.2) is 0 Å². The molecule has 0 aromatic heterocycles. The van der Waals surface area contributed by atoms with Gasteiger partial charge in [-0.3, -0.25) is 4.79 Å². The fourth-order valence-corrected chi connectivity index (χ4v) is 6.55. The fourth-order valence-electron chi connectivity index (χ4n) is 6.55. The minimum Gasteiger partial charge on any atom is -0.426 e. The number of esters is 1. The van der Waals surface area contributed by atoms with Crippen LogP contribution >= 0.6 is 0 Å². The third-order valence-corrected chi connectivity index (χ3v) is 9.05. The molecule has 1 aromatic rings. The van der Waals surface area contributed by atoms with Gasteiger partial charge in [-0.15, -0.1) is 0 Å². The van der Waals surface area contributed by atoms with Crippen LogP contribution in [0.4, 0.5) is 0 Å². The number of unbranched alkanes of at least 4 members (excludes halogenated alkanes) is 5. The van der Waals surface area contributed by atoms with Crippen molar-refractivity contribution < 1.29 is 9.53 Å². The molecule has 2 aliphatic carbocycles. The van der Waals surface area contributed by atoms with E-state index in [1.54, 1.807) is 0 Å². The highest BCUT2D eigenvalue weighted by Crippen LogP contribution is 2.35. The average Bonchev–Trinajstić information content (AvgIpc) is 2.89. The van der Waals surface area contributed by atoms with Crippen molar-refractivity contribution in [3.05, 3.63) is 29.8 Å².